The van der Waals surface area contributed by atoms with Crippen molar-refractivity contribution in [3.8, 4) is 0 Å². The first kappa shape index (κ1) is 21.6. The van der Waals surface area contributed by atoms with E-state index >= 15 is 0 Å². The second kappa shape index (κ2) is 9.01. The van der Waals surface area contributed by atoms with Crippen LogP contribution in [0.2, 0.25) is 0 Å². The highest BCUT2D eigenvalue weighted by molar-refractivity contribution is 4.92. The summed E-state index contributed by atoms with van der Waals surface area (Å²) < 4.78 is 10.6. The monoisotopic (exact) mass is 394 g/mol. The minimum atomic E-state index is -1.38. The maximum Gasteiger partial charge on any atom is 0.330 e. The van der Waals surface area contributed by atoms with Crippen molar-refractivity contribution >= 4 is 0 Å². The molecular weight excluding hydrogens is 372 g/mol. The number of nitrogens with one attached hydrogen (secondary N) is 1. The quantitative estimate of drug-likeness (QED) is 0.242. The first-order valence-corrected chi connectivity index (χ1v) is 7.95. The van der Waals surface area contributed by atoms with Crippen LogP contribution in [0, 0.1) is 0 Å². The Balaban J connectivity index is 0.000000223. The second-order valence-corrected chi connectivity index (χ2v) is 5.98. The van der Waals surface area contributed by atoms with E-state index in [1.807, 2.05) is 4.98 Å². The maximum atomic E-state index is 11.4. The summed E-state index contributed by atoms with van der Waals surface area (Å²) in [6, 6.07) is 1.09. The molecule has 2 fully saturated rings. The highest BCUT2D eigenvalue weighted by Gasteiger charge is 2.43. The van der Waals surface area contributed by atoms with Gasteiger partial charge in [-0.25, -0.2) is 4.79 Å². The van der Waals surface area contributed by atoms with E-state index in [0.29, 0.717) is 0 Å². The van der Waals surface area contributed by atoms with Gasteiger partial charge in [0, 0.05) is 12.3 Å². The van der Waals surface area contributed by atoms with Crippen molar-refractivity contribution in [2.75, 3.05) is 13.2 Å². The third kappa shape index (κ3) is 4.60. The van der Waals surface area contributed by atoms with E-state index in [4.69, 9.17) is 30.3 Å². The normalized spacial score (nSPS) is 38.5. The zero-order valence-electron chi connectivity index (χ0n) is 13.9. The van der Waals surface area contributed by atoms with Crippen LogP contribution in [0.1, 0.15) is 6.23 Å². The lowest BCUT2D eigenvalue weighted by atomic mass is 10.1. The van der Waals surface area contributed by atoms with Crippen LogP contribution in [0.15, 0.2) is 21.9 Å². The molecule has 154 valence electrons. The van der Waals surface area contributed by atoms with E-state index < -0.39 is 73.6 Å². The molecule has 2 saturated heterocycles. The number of rotatable bonds is 3. The lowest BCUT2D eigenvalue weighted by Crippen LogP contribution is -2.37. The standard InChI is InChI=1S/C9H12N2O6.C5H10O5/c12-3-4-6(14)7(15)8(17-4)11-2-1-5(13)10-9(11)16;6-1-2-3(7)4(8)5(9)10-2/h1-2,4,6-8,12,14-15H,3H2,(H,10,13,16);2-9H,1H2/t4-,6-,7-,8-;2-,3-,4-,5?/m11/s1. The molecule has 13 heteroatoms. The van der Waals surface area contributed by atoms with Crippen LogP contribution in [0.4, 0.5) is 0 Å². The molecule has 8 N–H and O–H groups in total. The zero-order chi connectivity index (χ0) is 20.3. The minimum Gasteiger partial charge on any atom is -0.394 e. The van der Waals surface area contributed by atoms with Gasteiger partial charge in [0.1, 0.15) is 36.6 Å². The fourth-order valence-electron chi connectivity index (χ4n) is 2.62. The molecule has 2 aliphatic heterocycles. The van der Waals surface area contributed by atoms with Crippen LogP contribution in [0.3, 0.4) is 0 Å². The van der Waals surface area contributed by atoms with Gasteiger partial charge in [0.2, 0.25) is 0 Å². The van der Waals surface area contributed by atoms with Gasteiger partial charge < -0.3 is 45.2 Å². The van der Waals surface area contributed by atoms with E-state index in [9.17, 15) is 19.8 Å². The van der Waals surface area contributed by atoms with E-state index in [2.05, 4.69) is 4.74 Å². The summed E-state index contributed by atoms with van der Waals surface area (Å²) in [5.41, 5.74) is -1.33. The number of aliphatic hydroxyl groups is 7. The Morgan fingerprint density at radius 1 is 0.889 bits per heavy atom. The average molecular weight is 394 g/mol. The van der Waals surface area contributed by atoms with Gasteiger partial charge in [0.05, 0.1) is 13.2 Å². The fraction of sp³-hybridized carbons (Fsp3) is 0.714. The summed E-state index contributed by atoms with van der Waals surface area (Å²) in [5, 5.41) is 63.0. The molecule has 0 aromatic carbocycles. The van der Waals surface area contributed by atoms with Crippen molar-refractivity contribution in [1.29, 1.82) is 0 Å². The van der Waals surface area contributed by atoms with E-state index in [0.717, 1.165) is 16.8 Å². The van der Waals surface area contributed by atoms with E-state index in [1.165, 1.54) is 0 Å². The van der Waals surface area contributed by atoms with Gasteiger partial charge in [-0.1, -0.05) is 0 Å². The van der Waals surface area contributed by atoms with Gasteiger partial charge in [-0.05, 0) is 0 Å². The summed E-state index contributed by atoms with van der Waals surface area (Å²) in [6.45, 7) is -0.887. The maximum absolute atomic E-state index is 11.4. The molecule has 8 atom stereocenters. The first-order chi connectivity index (χ1) is 12.7. The van der Waals surface area contributed by atoms with Crippen LogP contribution in [0.5, 0.6) is 0 Å². The Morgan fingerprint density at radius 2 is 1.44 bits per heavy atom. The number of nitrogens with zero attached hydrogens (tertiary/aromatic N) is 1. The molecule has 0 amide bonds. The summed E-state index contributed by atoms with van der Waals surface area (Å²) >= 11 is 0. The minimum absolute atomic E-state index is 0.407. The topological polar surface area (TPSA) is 215 Å². The molecule has 0 spiro atoms. The third-order valence-electron chi connectivity index (χ3n) is 4.16. The lowest BCUT2D eigenvalue weighted by molar-refractivity contribution is -0.132. The van der Waals surface area contributed by atoms with Crippen molar-refractivity contribution in [1.82, 2.24) is 9.55 Å². The SMILES string of the molecule is O=c1ccn([C@@H]2O[C@H](CO)[C@@H](O)[C@H]2O)c(=O)[nH]1.OC[C@H]1OC(O)[C@H](O)[C@@H]1O. The Bertz CT molecular complexity index is 722. The molecule has 2 aliphatic rings. The van der Waals surface area contributed by atoms with Crippen LogP contribution < -0.4 is 11.2 Å². The lowest BCUT2D eigenvalue weighted by Gasteiger charge is -2.16. The van der Waals surface area contributed by atoms with Crippen molar-refractivity contribution in [2.45, 2.75) is 49.1 Å². The number of aliphatic hydroxyl groups excluding tert-OH is 7. The molecule has 0 radical (unpaired) electrons. The molecule has 1 unspecified atom stereocenters. The van der Waals surface area contributed by atoms with Gasteiger partial charge >= 0.3 is 5.69 Å². The smallest absolute Gasteiger partial charge is 0.330 e. The highest BCUT2D eigenvalue weighted by atomic mass is 16.6. The summed E-state index contributed by atoms with van der Waals surface area (Å²) in [7, 11) is 0. The molecule has 13 nitrogen and oxygen atoms in total. The Morgan fingerprint density at radius 3 is 1.85 bits per heavy atom. The Labute approximate surface area is 151 Å². The van der Waals surface area contributed by atoms with Crippen molar-refractivity contribution in [3.05, 3.63) is 33.1 Å². The number of ether oxygens (including phenoxy) is 2. The molecule has 0 bridgehead atoms. The summed E-state index contributed by atoms with van der Waals surface area (Å²) in [6.07, 6.45) is -8.34. The van der Waals surface area contributed by atoms with Gasteiger partial charge in [-0.15, -0.1) is 0 Å². The predicted octanol–water partition coefficient (Wildman–Crippen LogP) is -5.43. The number of hydrogen-bond donors (Lipinski definition) is 8. The second-order valence-electron chi connectivity index (χ2n) is 5.98. The van der Waals surface area contributed by atoms with Crippen LogP contribution >= 0.6 is 0 Å². The van der Waals surface area contributed by atoms with Crippen molar-refractivity contribution in [2.24, 2.45) is 0 Å². The van der Waals surface area contributed by atoms with Gasteiger partial charge in [-0.3, -0.25) is 14.3 Å². The van der Waals surface area contributed by atoms with Crippen LogP contribution in [-0.2, 0) is 9.47 Å². The van der Waals surface area contributed by atoms with Gasteiger partial charge in [0.25, 0.3) is 5.56 Å². The molecule has 0 saturated carbocycles. The first-order valence-electron chi connectivity index (χ1n) is 7.95. The molecule has 27 heavy (non-hydrogen) atoms. The highest BCUT2D eigenvalue weighted by Crippen LogP contribution is 2.27. The number of hydrogen-bond acceptors (Lipinski definition) is 11. The van der Waals surface area contributed by atoms with Gasteiger partial charge in [-0.2, -0.15) is 0 Å². The van der Waals surface area contributed by atoms with Crippen LogP contribution in [0.25, 0.3) is 0 Å². The zero-order valence-corrected chi connectivity index (χ0v) is 13.9. The molecule has 0 aliphatic carbocycles. The number of aromatic nitrogens is 2. The van der Waals surface area contributed by atoms with E-state index in [1.54, 1.807) is 0 Å². The van der Waals surface area contributed by atoms with Crippen molar-refractivity contribution < 1.29 is 45.2 Å². The van der Waals surface area contributed by atoms with E-state index in [-0.39, 0.29) is 0 Å². The molecule has 1 aromatic heterocycles. The number of aromatic amines is 1. The molecule has 3 rings (SSSR count). The Kier molecular flexibility index (Phi) is 7.21. The van der Waals surface area contributed by atoms with Gasteiger partial charge in [0.15, 0.2) is 12.5 Å². The molecule has 1 aromatic rings. The summed E-state index contributed by atoms with van der Waals surface area (Å²) in [5.74, 6) is 0. The summed E-state index contributed by atoms with van der Waals surface area (Å²) in [4.78, 5) is 24.3. The fourth-order valence-corrected chi connectivity index (χ4v) is 2.62. The molecule has 3 heterocycles. The average Bonchev–Trinajstić information content (AvgIpc) is 3.06. The largest absolute Gasteiger partial charge is 0.394 e. The van der Waals surface area contributed by atoms with Crippen molar-refractivity contribution in [3.63, 3.8) is 0 Å². The molecular formula is C14H22N2O11. The predicted molar refractivity (Wildman–Crippen MR) is 84.3 cm³/mol. The Hall–Kier alpha value is -1.68. The number of H-pyrrole nitrogens is 1. The van der Waals surface area contributed by atoms with Crippen LogP contribution in [-0.4, -0.2) is 101 Å². The third-order valence-corrected chi connectivity index (χ3v) is 4.16.